The van der Waals surface area contributed by atoms with Crippen LogP contribution < -0.4 is 15.4 Å². The number of rotatable bonds is 5. The number of ether oxygens (including phenoxy) is 1. The van der Waals surface area contributed by atoms with Gasteiger partial charge in [0.15, 0.2) is 0 Å². The van der Waals surface area contributed by atoms with Gasteiger partial charge in [0.05, 0.1) is 6.20 Å². The first-order chi connectivity index (χ1) is 7.90. The molecule has 1 aromatic rings. The van der Waals surface area contributed by atoms with Crippen molar-refractivity contribution in [1.29, 1.82) is 0 Å². The standard InChI is InChI=1S/C10H14F3N3O/c1-7(14-2)5-15-9-4-3-8(6-16-9)17-10(11,12)13/h3-4,6-7,14H,5H2,1-2H3,(H,15,16). The second-order valence-corrected chi connectivity index (χ2v) is 3.50. The molecule has 1 atom stereocenters. The lowest BCUT2D eigenvalue weighted by atomic mass is 10.3. The molecule has 2 N–H and O–H groups in total. The molecule has 0 aliphatic carbocycles. The fourth-order valence-corrected chi connectivity index (χ4v) is 1.04. The molecule has 0 amide bonds. The molecule has 96 valence electrons. The number of pyridine rings is 1. The molecule has 0 spiro atoms. The zero-order valence-electron chi connectivity index (χ0n) is 9.51. The molecular formula is C10H14F3N3O. The van der Waals surface area contributed by atoms with Gasteiger partial charge >= 0.3 is 6.36 Å². The van der Waals surface area contributed by atoms with Crippen LogP contribution in [0.5, 0.6) is 5.75 Å². The zero-order chi connectivity index (χ0) is 12.9. The van der Waals surface area contributed by atoms with Crippen LogP contribution in [-0.4, -0.2) is 31.0 Å². The molecule has 0 aromatic carbocycles. The third-order valence-corrected chi connectivity index (χ3v) is 2.05. The van der Waals surface area contributed by atoms with Gasteiger partial charge in [0.1, 0.15) is 11.6 Å². The molecule has 0 aliphatic rings. The Hall–Kier alpha value is -1.50. The Kier molecular flexibility index (Phi) is 4.56. The van der Waals surface area contributed by atoms with E-state index in [1.165, 1.54) is 12.1 Å². The van der Waals surface area contributed by atoms with Gasteiger partial charge < -0.3 is 15.4 Å². The van der Waals surface area contributed by atoms with Crippen molar-refractivity contribution in [3.63, 3.8) is 0 Å². The molecule has 0 aliphatic heterocycles. The summed E-state index contributed by atoms with van der Waals surface area (Å²) < 4.78 is 39.3. The number of aromatic nitrogens is 1. The number of halogens is 3. The van der Waals surface area contributed by atoms with E-state index in [9.17, 15) is 13.2 Å². The summed E-state index contributed by atoms with van der Waals surface area (Å²) >= 11 is 0. The van der Waals surface area contributed by atoms with E-state index in [0.29, 0.717) is 12.4 Å². The average Bonchev–Trinajstić information content (AvgIpc) is 2.25. The summed E-state index contributed by atoms with van der Waals surface area (Å²) in [5, 5.41) is 5.99. The third kappa shape index (κ3) is 5.39. The lowest BCUT2D eigenvalue weighted by molar-refractivity contribution is -0.274. The van der Waals surface area contributed by atoms with Crippen molar-refractivity contribution in [2.45, 2.75) is 19.3 Å². The molecule has 4 nitrogen and oxygen atoms in total. The van der Waals surface area contributed by atoms with E-state index < -0.39 is 6.36 Å². The van der Waals surface area contributed by atoms with Crippen molar-refractivity contribution in [3.05, 3.63) is 18.3 Å². The van der Waals surface area contributed by atoms with Crippen LogP contribution in [0.2, 0.25) is 0 Å². The van der Waals surface area contributed by atoms with Gasteiger partial charge in [-0.05, 0) is 26.1 Å². The molecule has 0 saturated heterocycles. The van der Waals surface area contributed by atoms with E-state index in [0.717, 1.165) is 6.20 Å². The van der Waals surface area contributed by atoms with Gasteiger partial charge in [-0.1, -0.05) is 0 Å². The average molecular weight is 249 g/mol. The van der Waals surface area contributed by atoms with Crippen molar-refractivity contribution in [2.75, 3.05) is 18.9 Å². The normalized spacial score (nSPS) is 13.2. The van der Waals surface area contributed by atoms with Crippen LogP contribution in [0.3, 0.4) is 0 Å². The molecular weight excluding hydrogens is 235 g/mol. The Morgan fingerprint density at radius 2 is 2.12 bits per heavy atom. The fourth-order valence-electron chi connectivity index (χ4n) is 1.04. The number of hydrogen-bond acceptors (Lipinski definition) is 4. The van der Waals surface area contributed by atoms with Gasteiger partial charge in [-0.3, -0.25) is 0 Å². The Balaban J connectivity index is 2.50. The topological polar surface area (TPSA) is 46.2 Å². The number of anilines is 1. The predicted molar refractivity (Wildman–Crippen MR) is 57.9 cm³/mol. The lowest BCUT2D eigenvalue weighted by Crippen LogP contribution is -2.29. The number of likely N-dealkylation sites (N-methyl/N-ethyl adjacent to an activating group) is 1. The van der Waals surface area contributed by atoms with Crippen LogP contribution in [0, 0.1) is 0 Å². The van der Waals surface area contributed by atoms with E-state index in [-0.39, 0.29) is 11.8 Å². The maximum atomic E-state index is 11.9. The number of alkyl halides is 3. The van der Waals surface area contributed by atoms with Gasteiger partial charge in [-0.25, -0.2) is 4.98 Å². The zero-order valence-corrected chi connectivity index (χ0v) is 9.51. The number of nitrogens with one attached hydrogen (secondary N) is 2. The maximum absolute atomic E-state index is 11.9. The summed E-state index contributed by atoms with van der Waals surface area (Å²) in [4.78, 5) is 3.81. The first-order valence-electron chi connectivity index (χ1n) is 5.03. The minimum Gasteiger partial charge on any atom is -0.404 e. The van der Waals surface area contributed by atoms with Crippen LogP contribution in [0.4, 0.5) is 19.0 Å². The molecule has 0 radical (unpaired) electrons. The summed E-state index contributed by atoms with van der Waals surface area (Å²) in [6, 6.07) is 2.89. The van der Waals surface area contributed by atoms with E-state index in [2.05, 4.69) is 20.4 Å². The summed E-state index contributed by atoms with van der Waals surface area (Å²) in [5.41, 5.74) is 0. The quantitative estimate of drug-likeness (QED) is 0.837. The monoisotopic (exact) mass is 249 g/mol. The Labute approximate surface area is 97.2 Å². The summed E-state index contributed by atoms with van der Waals surface area (Å²) in [6.07, 6.45) is -3.66. The van der Waals surface area contributed by atoms with Crippen molar-refractivity contribution < 1.29 is 17.9 Å². The van der Waals surface area contributed by atoms with Gasteiger partial charge in [0.2, 0.25) is 0 Å². The highest BCUT2D eigenvalue weighted by molar-refractivity contribution is 5.37. The molecule has 1 unspecified atom stereocenters. The van der Waals surface area contributed by atoms with E-state index in [4.69, 9.17) is 0 Å². The Bertz CT molecular complexity index is 340. The molecule has 0 fully saturated rings. The second kappa shape index (κ2) is 5.72. The lowest BCUT2D eigenvalue weighted by Gasteiger charge is -2.12. The molecule has 1 aromatic heterocycles. The van der Waals surface area contributed by atoms with E-state index in [1.54, 1.807) is 0 Å². The van der Waals surface area contributed by atoms with Crippen LogP contribution in [-0.2, 0) is 0 Å². The van der Waals surface area contributed by atoms with Gasteiger partial charge in [-0.2, -0.15) is 0 Å². The molecule has 1 rings (SSSR count). The molecule has 0 saturated carbocycles. The predicted octanol–water partition coefficient (Wildman–Crippen LogP) is 2.00. The van der Waals surface area contributed by atoms with Crippen LogP contribution in [0.25, 0.3) is 0 Å². The van der Waals surface area contributed by atoms with E-state index in [1.807, 2.05) is 14.0 Å². The first kappa shape index (κ1) is 13.6. The van der Waals surface area contributed by atoms with Crippen LogP contribution in [0.1, 0.15) is 6.92 Å². The maximum Gasteiger partial charge on any atom is 0.573 e. The minimum atomic E-state index is -4.68. The van der Waals surface area contributed by atoms with Crippen molar-refractivity contribution in [3.8, 4) is 5.75 Å². The highest BCUT2D eigenvalue weighted by Crippen LogP contribution is 2.22. The number of nitrogens with zero attached hydrogens (tertiary/aromatic N) is 1. The van der Waals surface area contributed by atoms with Gasteiger partial charge in [0, 0.05) is 12.6 Å². The van der Waals surface area contributed by atoms with Crippen LogP contribution >= 0.6 is 0 Å². The van der Waals surface area contributed by atoms with E-state index >= 15 is 0 Å². The Morgan fingerprint density at radius 1 is 1.41 bits per heavy atom. The van der Waals surface area contributed by atoms with Gasteiger partial charge in [0.25, 0.3) is 0 Å². The first-order valence-corrected chi connectivity index (χ1v) is 5.03. The fraction of sp³-hybridized carbons (Fsp3) is 0.500. The largest absolute Gasteiger partial charge is 0.573 e. The van der Waals surface area contributed by atoms with Crippen molar-refractivity contribution >= 4 is 5.82 Å². The molecule has 0 bridgehead atoms. The smallest absolute Gasteiger partial charge is 0.404 e. The SMILES string of the molecule is CNC(C)CNc1ccc(OC(F)(F)F)cn1. The second-order valence-electron chi connectivity index (χ2n) is 3.50. The Morgan fingerprint density at radius 3 is 2.59 bits per heavy atom. The number of hydrogen-bond donors (Lipinski definition) is 2. The highest BCUT2D eigenvalue weighted by atomic mass is 19.4. The van der Waals surface area contributed by atoms with Crippen LogP contribution in [0.15, 0.2) is 18.3 Å². The highest BCUT2D eigenvalue weighted by Gasteiger charge is 2.31. The summed E-state index contributed by atoms with van der Waals surface area (Å²) in [7, 11) is 1.82. The third-order valence-electron chi connectivity index (χ3n) is 2.05. The summed E-state index contributed by atoms with van der Waals surface area (Å²) in [6.45, 7) is 2.59. The molecule has 17 heavy (non-hydrogen) atoms. The van der Waals surface area contributed by atoms with Crippen molar-refractivity contribution in [1.82, 2.24) is 10.3 Å². The minimum absolute atomic E-state index is 0.239. The summed E-state index contributed by atoms with van der Waals surface area (Å²) in [5.74, 6) is 0.173. The molecule has 7 heteroatoms. The van der Waals surface area contributed by atoms with Crippen molar-refractivity contribution in [2.24, 2.45) is 0 Å². The molecule has 1 heterocycles. The van der Waals surface area contributed by atoms with Gasteiger partial charge in [-0.15, -0.1) is 13.2 Å².